The van der Waals surface area contributed by atoms with Crippen molar-refractivity contribution in [1.82, 2.24) is 24.5 Å². The number of carbonyl (C=O) groups is 1. The lowest BCUT2D eigenvalue weighted by Crippen LogP contribution is -2.36. The maximum atomic E-state index is 12.0. The highest BCUT2D eigenvalue weighted by molar-refractivity contribution is 5.84. The molecule has 1 aromatic carbocycles. The van der Waals surface area contributed by atoms with Crippen LogP contribution in [0.25, 0.3) is 5.65 Å². The fraction of sp³-hybridized carbons (Fsp3) is 0.538. The largest absolute Gasteiger partial charge is 0.460 e. The van der Waals surface area contributed by atoms with Gasteiger partial charge in [-0.2, -0.15) is 19.6 Å². The summed E-state index contributed by atoms with van der Waals surface area (Å²) in [7, 11) is 2.13. The van der Waals surface area contributed by atoms with Gasteiger partial charge in [-0.15, -0.1) is 0 Å². The van der Waals surface area contributed by atoms with Gasteiger partial charge in [-0.05, 0) is 64.3 Å². The average molecular weight is 496 g/mol. The zero-order valence-corrected chi connectivity index (χ0v) is 22.0. The Morgan fingerprint density at radius 1 is 1.14 bits per heavy atom. The van der Waals surface area contributed by atoms with Gasteiger partial charge in [0.25, 0.3) is 0 Å². The second kappa shape index (κ2) is 10.7. The second-order valence-electron chi connectivity index (χ2n) is 10.6. The van der Waals surface area contributed by atoms with Crippen LogP contribution in [0.4, 0.5) is 16.4 Å². The fourth-order valence-electron chi connectivity index (χ4n) is 4.01. The number of amides is 1. The Kier molecular flexibility index (Phi) is 7.63. The molecule has 3 aromatic rings. The number of rotatable bonds is 7. The molecular formula is C26H37N7O3. The van der Waals surface area contributed by atoms with Gasteiger partial charge in [0.1, 0.15) is 11.7 Å². The molecular weight excluding hydrogens is 458 g/mol. The van der Waals surface area contributed by atoms with E-state index in [0.717, 1.165) is 42.7 Å². The normalized spacial score (nSPS) is 15.3. The Morgan fingerprint density at radius 3 is 2.47 bits per heavy atom. The molecule has 10 heteroatoms. The molecule has 10 nitrogen and oxygen atoms in total. The summed E-state index contributed by atoms with van der Waals surface area (Å²) in [5, 5.41) is 10.7. The lowest BCUT2D eigenvalue weighted by Gasteiger charge is -2.28. The number of fused-ring (bicyclic) bond motifs is 1. The zero-order chi connectivity index (χ0) is 25.9. The molecule has 1 fully saturated rings. The SMILES string of the molecule is CC(C)c1cnn2c(NCc3ccc(NC(=O)OC(C)(C)C)cc3)nc(OC3CCN(C)CC3)nc12. The van der Waals surface area contributed by atoms with Crippen molar-refractivity contribution in [3.05, 3.63) is 41.6 Å². The third-order valence-corrected chi connectivity index (χ3v) is 5.98. The van der Waals surface area contributed by atoms with Gasteiger partial charge in [-0.1, -0.05) is 26.0 Å². The van der Waals surface area contributed by atoms with Crippen LogP contribution >= 0.6 is 0 Å². The predicted molar refractivity (Wildman–Crippen MR) is 140 cm³/mol. The number of benzene rings is 1. The first-order valence-corrected chi connectivity index (χ1v) is 12.5. The summed E-state index contributed by atoms with van der Waals surface area (Å²) in [5.41, 5.74) is 2.94. The highest BCUT2D eigenvalue weighted by Crippen LogP contribution is 2.24. The summed E-state index contributed by atoms with van der Waals surface area (Å²) >= 11 is 0. The lowest BCUT2D eigenvalue weighted by atomic mass is 10.1. The molecule has 2 N–H and O–H groups in total. The number of ether oxygens (including phenoxy) is 2. The Morgan fingerprint density at radius 2 is 1.83 bits per heavy atom. The first-order valence-electron chi connectivity index (χ1n) is 12.5. The summed E-state index contributed by atoms with van der Waals surface area (Å²) in [6.45, 7) is 12.3. The number of aromatic nitrogens is 4. The van der Waals surface area contributed by atoms with Gasteiger partial charge >= 0.3 is 12.1 Å². The van der Waals surface area contributed by atoms with Gasteiger partial charge in [-0.25, -0.2) is 4.79 Å². The standard InChI is InChI=1S/C26H37N7O3/c1-17(2)21-16-28-33-22(21)30-24(35-20-11-13-32(6)14-12-20)31-23(33)27-15-18-7-9-19(10-8-18)29-25(34)36-26(3,4)5/h7-10,16-17,20H,11-15H2,1-6H3,(H,29,34)(H,27,30,31). The number of hydrogen-bond donors (Lipinski definition) is 2. The van der Waals surface area contributed by atoms with E-state index in [4.69, 9.17) is 14.5 Å². The predicted octanol–water partition coefficient (Wildman–Crippen LogP) is 4.68. The number of hydrogen-bond acceptors (Lipinski definition) is 8. The summed E-state index contributed by atoms with van der Waals surface area (Å²) in [5.74, 6) is 0.845. The number of nitrogens with one attached hydrogen (secondary N) is 2. The maximum Gasteiger partial charge on any atom is 0.412 e. The molecule has 1 amide bonds. The number of piperidine rings is 1. The Hall–Kier alpha value is -3.40. The summed E-state index contributed by atoms with van der Waals surface area (Å²) in [6.07, 6.45) is 3.37. The molecule has 0 unspecified atom stereocenters. The van der Waals surface area contributed by atoms with E-state index >= 15 is 0 Å². The van der Waals surface area contributed by atoms with Crippen molar-refractivity contribution in [3.8, 4) is 6.01 Å². The number of likely N-dealkylation sites (tertiary alicyclic amines) is 1. The highest BCUT2D eigenvalue weighted by Gasteiger charge is 2.22. The molecule has 1 aliphatic rings. The van der Waals surface area contributed by atoms with Crippen LogP contribution in [0, 0.1) is 0 Å². The van der Waals surface area contributed by atoms with Crippen molar-refractivity contribution in [3.63, 3.8) is 0 Å². The molecule has 0 saturated carbocycles. The van der Waals surface area contributed by atoms with Crippen LogP contribution in [0.3, 0.4) is 0 Å². The Bertz CT molecular complexity index is 1180. The molecule has 0 aliphatic carbocycles. The van der Waals surface area contributed by atoms with Crippen molar-refractivity contribution in [1.29, 1.82) is 0 Å². The third-order valence-electron chi connectivity index (χ3n) is 5.98. The van der Waals surface area contributed by atoms with Crippen molar-refractivity contribution in [2.45, 2.75) is 71.6 Å². The van der Waals surface area contributed by atoms with E-state index in [1.807, 2.05) is 51.2 Å². The van der Waals surface area contributed by atoms with Crippen molar-refractivity contribution in [2.75, 3.05) is 30.8 Å². The van der Waals surface area contributed by atoms with Gasteiger partial charge in [0, 0.05) is 30.9 Å². The van der Waals surface area contributed by atoms with Crippen LogP contribution in [0.15, 0.2) is 30.5 Å². The van der Waals surface area contributed by atoms with E-state index in [-0.39, 0.29) is 12.0 Å². The van der Waals surface area contributed by atoms with E-state index in [1.165, 1.54) is 0 Å². The topological polar surface area (TPSA) is 106 Å². The third kappa shape index (κ3) is 6.63. The van der Waals surface area contributed by atoms with Gasteiger partial charge in [0.2, 0.25) is 5.95 Å². The number of nitrogens with zero attached hydrogens (tertiary/aromatic N) is 5. The lowest BCUT2D eigenvalue weighted by molar-refractivity contribution is 0.0636. The van der Waals surface area contributed by atoms with Crippen LogP contribution < -0.4 is 15.4 Å². The molecule has 0 spiro atoms. The first kappa shape index (κ1) is 25.7. The highest BCUT2D eigenvalue weighted by atomic mass is 16.6. The molecule has 0 radical (unpaired) electrons. The fourth-order valence-corrected chi connectivity index (χ4v) is 4.01. The minimum atomic E-state index is -0.547. The molecule has 1 saturated heterocycles. The molecule has 0 atom stereocenters. The summed E-state index contributed by atoms with van der Waals surface area (Å²) in [4.78, 5) is 23.7. The van der Waals surface area contributed by atoms with E-state index in [9.17, 15) is 4.79 Å². The van der Waals surface area contributed by atoms with Crippen LogP contribution in [-0.2, 0) is 11.3 Å². The minimum Gasteiger partial charge on any atom is -0.460 e. The zero-order valence-electron chi connectivity index (χ0n) is 22.0. The van der Waals surface area contributed by atoms with Crippen molar-refractivity contribution in [2.24, 2.45) is 0 Å². The average Bonchev–Trinajstić information content (AvgIpc) is 3.23. The molecule has 3 heterocycles. The van der Waals surface area contributed by atoms with E-state index in [1.54, 1.807) is 4.52 Å². The minimum absolute atomic E-state index is 0.104. The van der Waals surface area contributed by atoms with Crippen LogP contribution in [0.1, 0.15) is 64.5 Å². The van der Waals surface area contributed by atoms with Crippen LogP contribution in [0.2, 0.25) is 0 Å². The van der Waals surface area contributed by atoms with Gasteiger partial charge in [0.15, 0.2) is 5.65 Å². The van der Waals surface area contributed by atoms with Crippen LogP contribution in [0.5, 0.6) is 6.01 Å². The maximum absolute atomic E-state index is 12.0. The molecule has 0 bridgehead atoms. The van der Waals surface area contributed by atoms with Crippen molar-refractivity contribution < 1.29 is 14.3 Å². The Balaban J connectivity index is 1.48. The second-order valence-corrected chi connectivity index (χ2v) is 10.6. The first-order chi connectivity index (χ1) is 17.1. The van der Waals surface area contributed by atoms with E-state index in [2.05, 4.69) is 46.5 Å². The molecule has 36 heavy (non-hydrogen) atoms. The van der Waals surface area contributed by atoms with Gasteiger partial charge < -0.3 is 19.7 Å². The monoisotopic (exact) mass is 495 g/mol. The molecule has 2 aromatic heterocycles. The Labute approximate surface area is 212 Å². The van der Waals surface area contributed by atoms with Gasteiger partial charge in [-0.3, -0.25) is 5.32 Å². The van der Waals surface area contributed by atoms with Gasteiger partial charge in [0.05, 0.1) is 6.20 Å². The molecule has 4 rings (SSSR count). The molecule has 194 valence electrons. The summed E-state index contributed by atoms with van der Waals surface area (Å²) in [6, 6.07) is 7.94. The van der Waals surface area contributed by atoms with E-state index in [0.29, 0.717) is 24.2 Å². The van der Waals surface area contributed by atoms with E-state index < -0.39 is 11.7 Å². The molecule has 1 aliphatic heterocycles. The smallest absolute Gasteiger partial charge is 0.412 e. The summed E-state index contributed by atoms with van der Waals surface area (Å²) < 4.78 is 13.3. The number of carbonyl (C=O) groups excluding carboxylic acids is 1. The van der Waals surface area contributed by atoms with Crippen molar-refractivity contribution >= 4 is 23.4 Å². The quantitative estimate of drug-likeness (QED) is 0.487. The number of anilines is 2. The van der Waals surface area contributed by atoms with Crippen LogP contribution in [-0.4, -0.2) is 62.4 Å².